The Morgan fingerprint density at radius 2 is 1.57 bits per heavy atom. The zero-order valence-corrected chi connectivity index (χ0v) is 13.3. The minimum Gasteiger partial charge on any atom is -0.356 e. The summed E-state index contributed by atoms with van der Waals surface area (Å²) in [6.45, 7) is 4.30. The van der Waals surface area contributed by atoms with Gasteiger partial charge in [-0.3, -0.25) is 0 Å². The van der Waals surface area contributed by atoms with Gasteiger partial charge in [-0.2, -0.15) is 0 Å². The van der Waals surface area contributed by atoms with Gasteiger partial charge in [0.2, 0.25) is 0 Å². The summed E-state index contributed by atoms with van der Waals surface area (Å²) in [4.78, 5) is 4.58. The van der Waals surface area contributed by atoms with Crippen LogP contribution in [-0.4, -0.2) is 19.0 Å². The molecule has 0 unspecified atom stereocenters. The maximum atomic E-state index is 4.58. The summed E-state index contributed by atoms with van der Waals surface area (Å²) in [7, 11) is 0. The molecular weight excluding hydrogens is 258 g/mol. The molecule has 2 rings (SSSR count). The Kier molecular flexibility index (Phi) is 7.13. The van der Waals surface area contributed by atoms with Crippen molar-refractivity contribution in [2.75, 3.05) is 13.1 Å². The van der Waals surface area contributed by atoms with Gasteiger partial charge in [0.15, 0.2) is 5.96 Å². The monoisotopic (exact) mass is 287 g/mol. The predicted molar refractivity (Wildman–Crippen MR) is 91.2 cm³/mol. The molecule has 0 radical (unpaired) electrons. The minimum atomic E-state index is 0.907. The summed E-state index contributed by atoms with van der Waals surface area (Å²) >= 11 is 0. The molecule has 1 aromatic rings. The molecule has 1 saturated heterocycles. The Hall–Kier alpha value is -1.51. The standard InChI is InChI=1S/C18H29N3/c1-2-3-4-5-6-7-9-16-10-12-17(13-11-16)21-18-19-14-8-15-20-18/h10-13H,2-9,14-15H2,1H3,(H2,19,20,21). The molecule has 1 aliphatic heterocycles. The Bertz CT molecular complexity index is 415. The first-order valence-electron chi connectivity index (χ1n) is 8.54. The van der Waals surface area contributed by atoms with Crippen molar-refractivity contribution in [1.29, 1.82) is 0 Å². The van der Waals surface area contributed by atoms with E-state index in [1.165, 1.54) is 50.5 Å². The van der Waals surface area contributed by atoms with Crippen molar-refractivity contribution >= 4 is 11.6 Å². The van der Waals surface area contributed by atoms with Crippen molar-refractivity contribution in [3.8, 4) is 0 Å². The number of unbranched alkanes of at least 4 members (excludes halogenated alkanes) is 5. The highest BCUT2D eigenvalue weighted by Crippen LogP contribution is 2.15. The number of guanidine groups is 1. The summed E-state index contributed by atoms with van der Waals surface area (Å²) in [5.74, 6) is 0.907. The molecular formula is C18H29N3. The fourth-order valence-electron chi connectivity index (χ4n) is 2.62. The molecule has 1 heterocycles. The molecule has 3 heteroatoms. The van der Waals surface area contributed by atoms with Gasteiger partial charge in [0.05, 0.1) is 5.69 Å². The Morgan fingerprint density at radius 3 is 2.29 bits per heavy atom. The molecule has 0 spiro atoms. The number of nitrogens with zero attached hydrogens (tertiary/aromatic N) is 1. The molecule has 0 bridgehead atoms. The van der Waals surface area contributed by atoms with Crippen LogP contribution in [0.25, 0.3) is 0 Å². The molecule has 21 heavy (non-hydrogen) atoms. The van der Waals surface area contributed by atoms with E-state index in [0.29, 0.717) is 0 Å². The first-order chi connectivity index (χ1) is 10.4. The lowest BCUT2D eigenvalue weighted by Crippen LogP contribution is -2.43. The Morgan fingerprint density at radius 1 is 0.905 bits per heavy atom. The molecule has 0 saturated carbocycles. The second-order valence-corrected chi connectivity index (χ2v) is 5.85. The van der Waals surface area contributed by atoms with Crippen LogP contribution >= 0.6 is 0 Å². The van der Waals surface area contributed by atoms with Crippen molar-refractivity contribution in [3.63, 3.8) is 0 Å². The van der Waals surface area contributed by atoms with E-state index in [9.17, 15) is 0 Å². The second-order valence-electron chi connectivity index (χ2n) is 5.85. The van der Waals surface area contributed by atoms with Crippen LogP contribution in [0.3, 0.4) is 0 Å². The highest BCUT2D eigenvalue weighted by atomic mass is 15.2. The largest absolute Gasteiger partial charge is 0.356 e. The first kappa shape index (κ1) is 15.9. The zero-order valence-electron chi connectivity index (χ0n) is 13.3. The summed E-state index contributed by atoms with van der Waals surface area (Å²) in [5.41, 5.74) is 2.46. The van der Waals surface area contributed by atoms with Gasteiger partial charge >= 0.3 is 0 Å². The number of aryl methyl sites for hydroxylation is 1. The molecule has 3 nitrogen and oxygen atoms in total. The highest BCUT2D eigenvalue weighted by molar-refractivity contribution is 5.83. The SMILES string of the molecule is CCCCCCCCc1ccc(N=C2NCCCN2)cc1. The molecule has 0 aliphatic carbocycles. The summed E-state index contributed by atoms with van der Waals surface area (Å²) in [6.07, 6.45) is 10.5. The van der Waals surface area contributed by atoms with Gasteiger partial charge in [-0.1, -0.05) is 51.2 Å². The van der Waals surface area contributed by atoms with Gasteiger partial charge in [0.25, 0.3) is 0 Å². The third-order valence-corrected chi connectivity index (χ3v) is 3.93. The fraction of sp³-hybridized carbons (Fsp3) is 0.611. The van der Waals surface area contributed by atoms with Crippen molar-refractivity contribution in [2.45, 2.75) is 58.3 Å². The van der Waals surface area contributed by atoms with Gasteiger partial charge in [-0.15, -0.1) is 0 Å². The van der Waals surface area contributed by atoms with Crippen molar-refractivity contribution < 1.29 is 0 Å². The van der Waals surface area contributed by atoms with Crippen LogP contribution in [0.1, 0.15) is 57.4 Å². The van der Waals surface area contributed by atoms with E-state index in [-0.39, 0.29) is 0 Å². The molecule has 1 aromatic carbocycles. The lowest BCUT2D eigenvalue weighted by Gasteiger charge is -2.17. The number of aliphatic imine (C=N–C) groups is 1. The first-order valence-corrected chi connectivity index (χ1v) is 8.54. The van der Waals surface area contributed by atoms with E-state index >= 15 is 0 Å². The van der Waals surface area contributed by atoms with Crippen LogP contribution in [0.5, 0.6) is 0 Å². The summed E-state index contributed by atoms with van der Waals surface area (Å²) < 4.78 is 0. The Balaban J connectivity index is 1.71. The van der Waals surface area contributed by atoms with Crippen LogP contribution in [0.4, 0.5) is 5.69 Å². The molecule has 0 aromatic heterocycles. The second kappa shape index (κ2) is 9.43. The van der Waals surface area contributed by atoms with Crippen LogP contribution < -0.4 is 10.6 Å². The van der Waals surface area contributed by atoms with E-state index < -0.39 is 0 Å². The topological polar surface area (TPSA) is 36.4 Å². The van der Waals surface area contributed by atoms with Gasteiger partial charge in [-0.25, -0.2) is 4.99 Å². The highest BCUT2D eigenvalue weighted by Gasteiger charge is 2.03. The van der Waals surface area contributed by atoms with Crippen LogP contribution in [-0.2, 0) is 6.42 Å². The maximum Gasteiger partial charge on any atom is 0.196 e. The lowest BCUT2D eigenvalue weighted by molar-refractivity contribution is 0.607. The maximum absolute atomic E-state index is 4.58. The van der Waals surface area contributed by atoms with Crippen molar-refractivity contribution in [2.24, 2.45) is 4.99 Å². The van der Waals surface area contributed by atoms with Crippen LogP contribution in [0.15, 0.2) is 29.3 Å². The quantitative estimate of drug-likeness (QED) is 0.704. The molecule has 1 fully saturated rings. The minimum absolute atomic E-state index is 0.907. The predicted octanol–water partition coefficient (Wildman–Crippen LogP) is 4.16. The number of rotatable bonds is 8. The third kappa shape index (κ3) is 6.19. The lowest BCUT2D eigenvalue weighted by atomic mass is 10.0. The van der Waals surface area contributed by atoms with Crippen molar-refractivity contribution in [1.82, 2.24) is 10.6 Å². The number of nitrogens with one attached hydrogen (secondary N) is 2. The van der Waals surface area contributed by atoms with Gasteiger partial charge in [0, 0.05) is 13.1 Å². The number of hydrogen-bond donors (Lipinski definition) is 2. The summed E-state index contributed by atoms with van der Waals surface area (Å²) in [6, 6.07) is 8.68. The average Bonchev–Trinajstić information content (AvgIpc) is 2.53. The van der Waals surface area contributed by atoms with E-state index in [1.54, 1.807) is 0 Å². The molecule has 1 aliphatic rings. The average molecular weight is 287 g/mol. The van der Waals surface area contributed by atoms with Gasteiger partial charge < -0.3 is 10.6 Å². The van der Waals surface area contributed by atoms with Gasteiger partial charge in [-0.05, 0) is 37.0 Å². The molecule has 0 amide bonds. The normalized spacial score (nSPS) is 14.4. The van der Waals surface area contributed by atoms with E-state index in [2.05, 4.69) is 46.8 Å². The van der Waals surface area contributed by atoms with E-state index in [4.69, 9.17) is 0 Å². The fourth-order valence-corrected chi connectivity index (χ4v) is 2.62. The molecule has 2 N–H and O–H groups in total. The number of hydrogen-bond acceptors (Lipinski definition) is 1. The number of benzene rings is 1. The van der Waals surface area contributed by atoms with Gasteiger partial charge in [0.1, 0.15) is 0 Å². The third-order valence-electron chi connectivity index (χ3n) is 3.93. The molecule has 0 atom stereocenters. The van der Waals surface area contributed by atoms with Crippen LogP contribution in [0.2, 0.25) is 0 Å². The Labute approximate surface area is 129 Å². The van der Waals surface area contributed by atoms with E-state index in [1.807, 2.05) is 0 Å². The van der Waals surface area contributed by atoms with Crippen LogP contribution in [0, 0.1) is 0 Å². The van der Waals surface area contributed by atoms with Crippen molar-refractivity contribution in [3.05, 3.63) is 29.8 Å². The van der Waals surface area contributed by atoms with E-state index in [0.717, 1.165) is 31.2 Å². The zero-order chi connectivity index (χ0) is 14.8. The molecule has 116 valence electrons. The summed E-state index contributed by atoms with van der Waals surface area (Å²) in [5, 5.41) is 6.56. The smallest absolute Gasteiger partial charge is 0.196 e.